The van der Waals surface area contributed by atoms with Gasteiger partial charge in [0.1, 0.15) is 0 Å². The molecule has 0 unspecified atom stereocenters. The van der Waals surface area contributed by atoms with E-state index in [9.17, 15) is 0 Å². The Balaban J connectivity index is -0.0000000400. The van der Waals surface area contributed by atoms with E-state index < -0.39 is 0 Å². The topological polar surface area (TPSA) is 40.5 Å². The third-order valence-corrected chi connectivity index (χ3v) is 0. The monoisotopic (exact) mass is 150 g/mol. The molecule has 3 heteroatoms. The van der Waals surface area contributed by atoms with E-state index in [4.69, 9.17) is 10.2 Å². The van der Waals surface area contributed by atoms with Crippen LogP contribution >= 0.6 is 0 Å². The van der Waals surface area contributed by atoms with Gasteiger partial charge in [-0.25, -0.2) is 0 Å². The Morgan fingerprint density at radius 1 is 1.00 bits per heavy atom. The molecule has 0 radical (unpaired) electrons. The fraction of sp³-hybridized carbons (Fsp3) is 1.00. The van der Waals surface area contributed by atoms with E-state index in [0.29, 0.717) is 0 Å². The fourth-order valence-corrected chi connectivity index (χ4v) is 0. The summed E-state index contributed by atoms with van der Waals surface area (Å²) in [6.45, 7) is 3.86. The molecule has 0 aliphatic carbocycles. The Morgan fingerprint density at radius 3 is 1.00 bits per heavy atom. The van der Waals surface area contributed by atoms with Crippen LogP contribution in [0.5, 0.6) is 0 Å². The number of aliphatic hydroxyl groups excluding tert-OH is 2. The molecule has 0 fully saturated rings. The molecule has 0 spiro atoms. The second kappa shape index (κ2) is 32.3. The standard InChI is InChI=1S/2C2H6O.Ni/c2*1-2-3;/h2*3H,2H2,1H3;. The van der Waals surface area contributed by atoms with Gasteiger partial charge in [0.2, 0.25) is 0 Å². The molecule has 0 bridgehead atoms. The van der Waals surface area contributed by atoms with Gasteiger partial charge >= 0.3 is 0 Å². The molecule has 0 saturated carbocycles. The maximum absolute atomic E-state index is 7.57. The summed E-state index contributed by atoms with van der Waals surface area (Å²) in [6, 6.07) is 0. The van der Waals surface area contributed by atoms with Crippen molar-refractivity contribution in [2.24, 2.45) is 0 Å². The number of rotatable bonds is 0. The van der Waals surface area contributed by atoms with Crippen molar-refractivity contribution in [3.63, 3.8) is 0 Å². The number of aliphatic hydroxyl groups is 2. The van der Waals surface area contributed by atoms with Gasteiger partial charge < -0.3 is 10.2 Å². The first-order chi connectivity index (χ1) is 2.83. The molecule has 7 heavy (non-hydrogen) atoms. The Hall–Kier alpha value is 0.414. The van der Waals surface area contributed by atoms with Crippen molar-refractivity contribution in [3.05, 3.63) is 0 Å². The Morgan fingerprint density at radius 2 is 1.00 bits per heavy atom. The maximum Gasteiger partial charge on any atom is 0.0402 e. The average molecular weight is 151 g/mol. The molecule has 0 aliphatic rings. The number of hydrogen-bond acceptors (Lipinski definition) is 2. The molecular weight excluding hydrogens is 139 g/mol. The van der Waals surface area contributed by atoms with Crippen molar-refractivity contribution in [2.45, 2.75) is 13.8 Å². The van der Waals surface area contributed by atoms with Crippen molar-refractivity contribution in [1.82, 2.24) is 0 Å². The molecule has 0 aliphatic heterocycles. The van der Waals surface area contributed by atoms with E-state index >= 15 is 0 Å². The molecule has 0 heterocycles. The van der Waals surface area contributed by atoms with Crippen LogP contribution in [-0.2, 0) is 16.5 Å². The minimum Gasteiger partial charge on any atom is -0.397 e. The van der Waals surface area contributed by atoms with Crippen LogP contribution < -0.4 is 0 Å². The molecule has 2 nitrogen and oxygen atoms in total. The first-order valence-electron chi connectivity index (χ1n) is 2.05. The molecular formula is C4H12NiO2. The quantitative estimate of drug-likeness (QED) is 0.478. The van der Waals surface area contributed by atoms with Crippen LogP contribution in [0.3, 0.4) is 0 Å². The van der Waals surface area contributed by atoms with Crippen molar-refractivity contribution in [3.8, 4) is 0 Å². The summed E-state index contributed by atoms with van der Waals surface area (Å²) in [4.78, 5) is 0. The van der Waals surface area contributed by atoms with Crippen LogP contribution in [-0.4, -0.2) is 23.4 Å². The zero-order valence-electron chi connectivity index (χ0n) is 4.62. The first kappa shape index (κ1) is 15.7. The minimum atomic E-state index is 0. The first-order valence-corrected chi connectivity index (χ1v) is 2.05. The molecule has 0 aromatic carbocycles. The minimum absolute atomic E-state index is 0. The van der Waals surface area contributed by atoms with Gasteiger partial charge in [0.15, 0.2) is 0 Å². The van der Waals surface area contributed by atoms with E-state index in [1.807, 2.05) is 0 Å². The van der Waals surface area contributed by atoms with Crippen LogP contribution in [0.15, 0.2) is 0 Å². The van der Waals surface area contributed by atoms with Gasteiger partial charge in [-0.1, -0.05) is 0 Å². The van der Waals surface area contributed by atoms with Crippen LogP contribution in [0.2, 0.25) is 0 Å². The van der Waals surface area contributed by atoms with Gasteiger partial charge in [-0.3, -0.25) is 0 Å². The van der Waals surface area contributed by atoms with E-state index in [1.54, 1.807) is 13.8 Å². The smallest absolute Gasteiger partial charge is 0.0402 e. The van der Waals surface area contributed by atoms with E-state index in [-0.39, 0.29) is 29.7 Å². The molecule has 0 aromatic heterocycles. The summed E-state index contributed by atoms with van der Waals surface area (Å²) in [7, 11) is 0. The number of hydrogen-bond donors (Lipinski definition) is 2. The van der Waals surface area contributed by atoms with E-state index in [1.165, 1.54) is 0 Å². The summed E-state index contributed by atoms with van der Waals surface area (Å²) in [6.07, 6.45) is 0. The Kier molecular flexibility index (Phi) is 72.2. The predicted molar refractivity (Wildman–Crippen MR) is 25.5 cm³/mol. The van der Waals surface area contributed by atoms with Crippen molar-refractivity contribution < 1.29 is 26.7 Å². The van der Waals surface area contributed by atoms with Gasteiger partial charge in [0.05, 0.1) is 0 Å². The maximum atomic E-state index is 7.57. The molecule has 0 saturated heterocycles. The third-order valence-electron chi connectivity index (χ3n) is 0. The van der Waals surface area contributed by atoms with Crippen molar-refractivity contribution in [1.29, 1.82) is 0 Å². The van der Waals surface area contributed by atoms with Crippen LogP contribution in [0.1, 0.15) is 13.8 Å². The third kappa shape index (κ3) is 731. The van der Waals surface area contributed by atoms with Gasteiger partial charge in [0.25, 0.3) is 0 Å². The molecule has 0 atom stereocenters. The van der Waals surface area contributed by atoms with Crippen molar-refractivity contribution >= 4 is 0 Å². The van der Waals surface area contributed by atoms with Gasteiger partial charge in [-0.05, 0) is 13.8 Å². The van der Waals surface area contributed by atoms with Gasteiger partial charge in [-0.15, -0.1) is 0 Å². The summed E-state index contributed by atoms with van der Waals surface area (Å²) >= 11 is 0. The summed E-state index contributed by atoms with van der Waals surface area (Å²) in [5.74, 6) is 0. The van der Waals surface area contributed by atoms with Gasteiger partial charge in [0, 0.05) is 29.7 Å². The normalized spacial score (nSPS) is 5.14. The average Bonchev–Trinajstić information content (AvgIpc) is 1.39. The van der Waals surface area contributed by atoms with E-state index in [0.717, 1.165) is 0 Å². The second-order valence-electron chi connectivity index (χ2n) is 0.632. The van der Waals surface area contributed by atoms with Crippen LogP contribution in [0.4, 0.5) is 0 Å². The SMILES string of the molecule is CCO.CCO.[Ni]. The van der Waals surface area contributed by atoms with E-state index in [2.05, 4.69) is 0 Å². The van der Waals surface area contributed by atoms with Crippen molar-refractivity contribution in [2.75, 3.05) is 13.2 Å². The predicted octanol–water partition coefficient (Wildman–Crippen LogP) is -0.00530. The molecule has 2 N–H and O–H groups in total. The molecule has 0 amide bonds. The van der Waals surface area contributed by atoms with Crippen LogP contribution in [0, 0.1) is 0 Å². The molecule has 0 aromatic rings. The zero-order chi connectivity index (χ0) is 5.41. The summed E-state index contributed by atoms with van der Waals surface area (Å²) in [5.41, 5.74) is 0. The fourth-order valence-electron chi connectivity index (χ4n) is 0. The molecule has 0 rings (SSSR count). The Labute approximate surface area is 54.5 Å². The summed E-state index contributed by atoms with van der Waals surface area (Å²) in [5, 5.41) is 15.1. The second-order valence-corrected chi connectivity index (χ2v) is 0.632. The summed E-state index contributed by atoms with van der Waals surface area (Å²) < 4.78 is 0. The molecule has 50 valence electrons. The zero-order valence-corrected chi connectivity index (χ0v) is 5.61. The Bertz CT molecular complexity index is 11.7. The largest absolute Gasteiger partial charge is 0.397 e. The van der Waals surface area contributed by atoms with Crippen LogP contribution in [0.25, 0.3) is 0 Å². The van der Waals surface area contributed by atoms with Gasteiger partial charge in [-0.2, -0.15) is 0 Å².